The normalized spacial score (nSPS) is 22.8. The van der Waals surface area contributed by atoms with Gasteiger partial charge in [0.25, 0.3) is 0 Å². The highest BCUT2D eigenvalue weighted by atomic mass is 35.5. The van der Waals surface area contributed by atoms with Gasteiger partial charge in [0, 0.05) is 44.3 Å². The summed E-state index contributed by atoms with van der Waals surface area (Å²) >= 11 is 6.36. The van der Waals surface area contributed by atoms with Gasteiger partial charge in [0.15, 0.2) is 0 Å². The number of hydrogen-bond donors (Lipinski definition) is 0. The lowest BCUT2D eigenvalue weighted by atomic mass is 10.0. The molecule has 24 heavy (non-hydrogen) atoms. The molecule has 136 valence electrons. The van der Waals surface area contributed by atoms with Gasteiger partial charge in [0.2, 0.25) is 0 Å². The second-order valence-corrected chi connectivity index (χ2v) is 7.96. The van der Waals surface area contributed by atoms with Crippen molar-refractivity contribution < 1.29 is 9.53 Å². The lowest BCUT2D eigenvalue weighted by Crippen LogP contribution is -2.59. The zero-order valence-corrected chi connectivity index (χ0v) is 16.5. The smallest absolute Gasteiger partial charge is 0.410 e. The van der Waals surface area contributed by atoms with Gasteiger partial charge in [0.05, 0.1) is 5.69 Å². The summed E-state index contributed by atoms with van der Waals surface area (Å²) in [4.78, 5) is 16.6. The highest BCUT2D eigenvalue weighted by Crippen LogP contribution is 2.25. The van der Waals surface area contributed by atoms with E-state index in [4.69, 9.17) is 16.3 Å². The Morgan fingerprint density at radius 1 is 1.29 bits per heavy atom. The molecular weight excluding hydrogens is 328 g/mol. The molecule has 0 saturated carbocycles. The molecule has 6 nitrogen and oxygen atoms in total. The zero-order chi connectivity index (χ0) is 18.2. The molecule has 1 aromatic heterocycles. The highest BCUT2D eigenvalue weighted by molar-refractivity contribution is 6.30. The summed E-state index contributed by atoms with van der Waals surface area (Å²) in [5.41, 5.74) is 1.54. The Balaban J connectivity index is 2.07. The van der Waals surface area contributed by atoms with Crippen molar-refractivity contribution >= 4 is 17.7 Å². The molecule has 1 saturated heterocycles. The molecule has 1 aliphatic rings. The Morgan fingerprint density at radius 3 is 2.42 bits per heavy atom. The average molecular weight is 357 g/mol. The van der Waals surface area contributed by atoms with Crippen LogP contribution in [0.15, 0.2) is 0 Å². The largest absolute Gasteiger partial charge is 0.444 e. The first-order valence-corrected chi connectivity index (χ1v) is 8.80. The Hall–Kier alpha value is -1.27. The Bertz CT molecular complexity index is 608. The summed E-state index contributed by atoms with van der Waals surface area (Å²) in [5.74, 6) is 0. The van der Waals surface area contributed by atoms with Crippen molar-refractivity contribution in [3.8, 4) is 0 Å². The first-order valence-electron chi connectivity index (χ1n) is 8.43. The summed E-state index contributed by atoms with van der Waals surface area (Å²) in [6.45, 7) is 14.0. The second kappa shape index (κ2) is 6.92. The number of amides is 1. The van der Waals surface area contributed by atoms with Gasteiger partial charge in [-0.1, -0.05) is 11.6 Å². The van der Waals surface area contributed by atoms with Crippen molar-refractivity contribution in [1.82, 2.24) is 19.6 Å². The number of halogens is 1. The number of hydrogen-bond acceptors (Lipinski definition) is 4. The number of ether oxygens (including phenoxy) is 1. The monoisotopic (exact) mass is 356 g/mol. The van der Waals surface area contributed by atoms with E-state index in [-0.39, 0.29) is 18.2 Å². The third kappa shape index (κ3) is 4.03. The first-order chi connectivity index (χ1) is 11.0. The van der Waals surface area contributed by atoms with Crippen LogP contribution in [-0.2, 0) is 18.3 Å². The van der Waals surface area contributed by atoms with Crippen LogP contribution < -0.4 is 0 Å². The minimum absolute atomic E-state index is 0.0735. The first kappa shape index (κ1) is 19.1. The Labute approximate surface area is 149 Å². The van der Waals surface area contributed by atoms with Gasteiger partial charge in [0.1, 0.15) is 10.8 Å². The van der Waals surface area contributed by atoms with E-state index >= 15 is 0 Å². The molecule has 0 bridgehead atoms. The maximum atomic E-state index is 12.4. The number of rotatable bonds is 2. The number of carbonyl (C=O) groups excluding carboxylic acids is 1. The van der Waals surface area contributed by atoms with E-state index in [0.717, 1.165) is 24.3 Å². The molecule has 2 heterocycles. The molecule has 0 spiro atoms. The third-order valence-corrected chi connectivity index (χ3v) is 5.13. The van der Waals surface area contributed by atoms with Crippen LogP contribution >= 0.6 is 11.6 Å². The van der Waals surface area contributed by atoms with Gasteiger partial charge >= 0.3 is 6.09 Å². The molecule has 1 fully saturated rings. The van der Waals surface area contributed by atoms with E-state index in [2.05, 4.69) is 23.8 Å². The van der Waals surface area contributed by atoms with Crippen LogP contribution in [0.2, 0.25) is 5.15 Å². The minimum Gasteiger partial charge on any atom is -0.444 e. The number of nitrogens with zero attached hydrogens (tertiary/aromatic N) is 4. The van der Waals surface area contributed by atoms with Crippen molar-refractivity contribution in [3.05, 3.63) is 16.4 Å². The van der Waals surface area contributed by atoms with Gasteiger partial charge in [-0.25, -0.2) is 4.79 Å². The predicted octanol–water partition coefficient (Wildman–Crippen LogP) is 3.21. The van der Waals surface area contributed by atoms with Crippen molar-refractivity contribution in [3.63, 3.8) is 0 Å². The fourth-order valence-electron chi connectivity index (χ4n) is 3.07. The summed E-state index contributed by atoms with van der Waals surface area (Å²) in [7, 11) is 1.85. The molecule has 1 aliphatic heterocycles. The van der Waals surface area contributed by atoms with Gasteiger partial charge in [-0.3, -0.25) is 9.58 Å². The van der Waals surface area contributed by atoms with E-state index in [0.29, 0.717) is 11.7 Å². The standard InChI is InChI=1S/C17H29ClN4O2/c1-11-14(15(18)20(7)19-11)10-21-8-9-22(13(3)12(21)2)16(23)24-17(4,5)6/h12-13H,8-10H2,1-7H3. The molecule has 2 rings (SSSR count). The molecule has 2 atom stereocenters. The molecule has 0 aliphatic carbocycles. The van der Waals surface area contributed by atoms with E-state index < -0.39 is 5.60 Å². The van der Waals surface area contributed by atoms with Crippen LogP contribution in [-0.4, -0.2) is 56.4 Å². The zero-order valence-electron chi connectivity index (χ0n) is 15.8. The SMILES string of the molecule is Cc1nn(C)c(Cl)c1CN1CCN(C(=O)OC(C)(C)C)C(C)C1C. The van der Waals surface area contributed by atoms with Crippen LogP contribution in [0, 0.1) is 6.92 Å². The van der Waals surface area contributed by atoms with E-state index in [9.17, 15) is 4.79 Å². The summed E-state index contributed by atoms with van der Waals surface area (Å²) in [6, 6.07) is 0.284. The number of aromatic nitrogens is 2. The molecule has 0 N–H and O–H groups in total. The van der Waals surface area contributed by atoms with Crippen LogP contribution in [0.3, 0.4) is 0 Å². The quantitative estimate of drug-likeness (QED) is 0.816. The maximum Gasteiger partial charge on any atom is 0.410 e. The predicted molar refractivity (Wildman–Crippen MR) is 95.2 cm³/mol. The lowest BCUT2D eigenvalue weighted by Gasteiger charge is -2.45. The van der Waals surface area contributed by atoms with E-state index in [1.807, 2.05) is 39.6 Å². The van der Waals surface area contributed by atoms with Crippen molar-refractivity contribution in [2.45, 2.75) is 65.8 Å². The highest BCUT2D eigenvalue weighted by Gasteiger charge is 2.36. The number of piperazine rings is 1. The summed E-state index contributed by atoms with van der Waals surface area (Å²) < 4.78 is 7.23. The van der Waals surface area contributed by atoms with Crippen LogP contribution in [0.25, 0.3) is 0 Å². The third-order valence-electron chi connectivity index (χ3n) is 4.65. The van der Waals surface area contributed by atoms with Crippen LogP contribution in [0.5, 0.6) is 0 Å². The molecule has 0 radical (unpaired) electrons. The van der Waals surface area contributed by atoms with Crippen LogP contribution in [0.1, 0.15) is 45.9 Å². The van der Waals surface area contributed by atoms with E-state index in [1.54, 1.807) is 4.68 Å². The van der Waals surface area contributed by atoms with Gasteiger partial charge in [-0.05, 0) is 41.5 Å². The van der Waals surface area contributed by atoms with Gasteiger partial charge in [-0.15, -0.1) is 0 Å². The van der Waals surface area contributed by atoms with Crippen molar-refractivity contribution in [2.75, 3.05) is 13.1 Å². The average Bonchev–Trinajstić information content (AvgIpc) is 2.68. The van der Waals surface area contributed by atoms with Gasteiger partial charge < -0.3 is 9.64 Å². The fourth-order valence-corrected chi connectivity index (χ4v) is 3.30. The Kier molecular flexibility index (Phi) is 5.50. The van der Waals surface area contributed by atoms with Crippen LogP contribution in [0.4, 0.5) is 4.79 Å². The summed E-state index contributed by atoms with van der Waals surface area (Å²) in [6.07, 6.45) is -0.239. The molecule has 7 heteroatoms. The molecule has 1 aromatic rings. The number of carbonyl (C=O) groups is 1. The molecule has 0 aromatic carbocycles. The maximum absolute atomic E-state index is 12.4. The number of aryl methyl sites for hydroxylation is 2. The molecule has 2 unspecified atom stereocenters. The Morgan fingerprint density at radius 2 is 1.92 bits per heavy atom. The van der Waals surface area contributed by atoms with Crippen molar-refractivity contribution in [2.24, 2.45) is 7.05 Å². The van der Waals surface area contributed by atoms with Gasteiger partial charge in [-0.2, -0.15) is 5.10 Å². The topological polar surface area (TPSA) is 50.6 Å². The molecule has 1 amide bonds. The second-order valence-electron chi connectivity index (χ2n) is 7.60. The fraction of sp³-hybridized carbons (Fsp3) is 0.765. The lowest BCUT2D eigenvalue weighted by molar-refractivity contribution is -0.0144. The molecular formula is C17H29ClN4O2. The minimum atomic E-state index is -0.475. The van der Waals surface area contributed by atoms with Crippen molar-refractivity contribution in [1.29, 1.82) is 0 Å². The summed E-state index contributed by atoms with van der Waals surface area (Å²) in [5, 5.41) is 5.06. The van der Waals surface area contributed by atoms with E-state index in [1.165, 1.54) is 0 Å².